The van der Waals surface area contributed by atoms with Crippen LogP contribution in [-0.2, 0) is 32.6 Å². The molecule has 0 radical (unpaired) electrons. The highest BCUT2D eigenvalue weighted by molar-refractivity contribution is 7.92. The maximum absolute atomic E-state index is 14.6. The molecule has 0 spiro atoms. The highest BCUT2D eigenvalue weighted by Crippen LogP contribution is 2.33. The normalized spacial score (nSPS) is 11.9. The molecule has 1 N–H and O–H groups in total. The number of anilines is 1. The maximum Gasteiger partial charge on any atom is 0.264 e. The largest absolute Gasteiger partial charge is 0.497 e. The standard InChI is InChI=1S/C35H38ClN3O6S/c1-25(2)37-35(41)32(22-26-12-6-5-7-13-26)38(23-27-14-8-9-15-30(27)36)34(40)24-39(31-16-10-11-17-33(31)45-4)46(42,43)29-20-18-28(44-3)19-21-29/h5-21,25,32H,22-24H2,1-4H3,(H,37,41)/t32-/m0/s1. The minimum absolute atomic E-state index is 0.0378. The number of hydrogen-bond donors (Lipinski definition) is 1. The molecule has 0 fully saturated rings. The number of benzene rings is 4. The summed E-state index contributed by atoms with van der Waals surface area (Å²) in [4.78, 5) is 29.7. The Morgan fingerprint density at radius 1 is 0.826 bits per heavy atom. The minimum Gasteiger partial charge on any atom is -0.497 e. The first-order valence-corrected chi connectivity index (χ1v) is 16.5. The van der Waals surface area contributed by atoms with Crippen LogP contribution in [0.4, 0.5) is 5.69 Å². The van der Waals surface area contributed by atoms with Gasteiger partial charge in [0, 0.05) is 24.0 Å². The summed E-state index contributed by atoms with van der Waals surface area (Å²) < 4.78 is 40.3. The van der Waals surface area contributed by atoms with Crippen LogP contribution in [0.5, 0.6) is 11.5 Å². The highest BCUT2D eigenvalue weighted by Gasteiger charge is 2.36. The van der Waals surface area contributed by atoms with Crippen molar-refractivity contribution in [2.75, 3.05) is 25.1 Å². The number of ether oxygens (including phenoxy) is 2. The average molecular weight is 664 g/mol. The molecule has 1 atom stereocenters. The lowest BCUT2D eigenvalue weighted by molar-refractivity contribution is -0.140. The summed E-state index contributed by atoms with van der Waals surface area (Å²) >= 11 is 6.55. The third kappa shape index (κ3) is 8.38. The van der Waals surface area contributed by atoms with E-state index in [1.165, 1.54) is 43.4 Å². The van der Waals surface area contributed by atoms with Gasteiger partial charge < -0.3 is 19.7 Å². The molecular weight excluding hydrogens is 626 g/mol. The molecule has 0 unspecified atom stereocenters. The quantitative estimate of drug-likeness (QED) is 0.185. The first-order valence-electron chi connectivity index (χ1n) is 14.7. The Morgan fingerprint density at radius 3 is 2.09 bits per heavy atom. The van der Waals surface area contributed by atoms with E-state index in [-0.39, 0.29) is 41.2 Å². The van der Waals surface area contributed by atoms with Gasteiger partial charge in [0.1, 0.15) is 24.1 Å². The van der Waals surface area contributed by atoms with Gasteiger partial charge in [-0.05, 0) is 67.4 Å². The number of sulfonamides is 1. The smallest absolute Gasteiger partial charge is 0.264 e. The Bertz CT molecular complexity index is 1730. The van der Waals surface area contributed by atoms with E-state index in [1.54, 1.807) is 48.5 Å². The molecule has 2 amide bonds. The van der Waals surface area contributed by atoms with E-state index >= 15 is 0 Å². The second kappa shape index (κ2) is 15.6. The van der Waals surface area contributed by atoms with E-state index in [4.69, 9.17) is 21.1 Å². The zero-order chi connectivity index (χ0) is 33.3. The van der Waals surface area contributed by atoms with Gasteiger partial charge in [-0.1, -0.05) is 72.3 Å². The molecule has 0 aliphatic carbocycles. The van der Waals surface area contributed by atoms with Gasteiger partial charge >= 0.3 is 0 Å². The molecule has 4 aromatic carbocycles. The second-order valence-electron chi connectivity index (χ2n) is 10.8. The monoisotopic (exact) mass is 663 g/mol. The summed E-state index contributed by atoms with van der Waals surface area (Å²) in [6.45, 7) is 3.01. The van der Waals surface area contributed by atoms with E-state index in [9.17, 15) is 18.0 Å². The van der Waals surface area contributed by atoms with E-state index < -0.39 is 28.5 Å². The van der Waals surface area contributed by atoms with Crippen molar-refractivity contribution in [2.24, 2.45) is 0 Å². The van der Waals surface area contributed by atoms with Crippen LogP contribution < -0.4 is 19.1 Å². The van der Waals surface area contributed by atoms with Gasteiger partial charge in [0.25, 0.3) is 10.0 Å². The fraction of sp³-hybridized carbons (Fsp3) is 0.257. The fourth-order valence-electron chi connectivity index (χ4n) is 4.97. The second-order valence-corrected chi connectivity index (χ2v) is 13.1. The van der Waals surface area contributed by atoms with Gasteiger partial charge in [0.2, 0.25) is 11.8 Å². The predicted molar refractivity (Wildman–Crippen MR) is 180 cm³/mol. The fourth-order valence-corrected chi connectivity index (χ4v) is 6.59. The zero-order valence-electron chi connectivity index (χ0n) is 26.2. The van der Waals surface area contributed by atoms with Crippen molar-refractivity contribution in [1.29, 1.82) is 0 Å². The van der Waals surface area contributed by atoms with Gasteiger partial charge in [-0.2, -0.15) is 0 Å². The predicted octanol–water partition coefficient (Wildman–Crippen LogP) is 5.72. The number of methoxy groups -OCH3 is 2. The molecule has 46 heavy (non-hydrogen) atoms. The number of carbonyl (C=O) groups is 2. The molecule has 0 bridgehead atoms. The van der Waals surface area contributed by atoms with Crippen molar-refractivity contribution in [1.82, 2.24) is 10.2 Å². The van der Waals surface area contributed by atoms with Crippen LogP contribution in [0.1, 0.15) is 25.0 Å². The molecule has 0 aromatic heterocycles. The van der Waals surface area contributed by atoms with Crippen molar-refractivity contribution >= 4 is 39.1 Å². The van der Waals surface area contributed by atoms with Crippen LogP contribution in [0.3, 0.4) is 0 Å². The summed E-state index contributed by atoms with van der Waals surface area (Å²) in [5, 5.41) is 3.35. The van der Waals surface area contributed by atoms with Crippen LogP contribution in [-0.4, -0.2) is 58.0 Å². The minimum atomic E-state index is -4.32. The molecule has 242 valence electrons. The first kappa shape index (κ1) is 34.3. The van der Waals surface area contributed by atoms with Gasteiger partial charge in [-0.3, -0.25) is 13.9 Å². The number of nitrogens with one attached hydrogen (secondary N) is 1. The topological polar surface area (TPSA) is 105 Å². The summed E-state index contributed by atoms with van der Waals surface area (Å²) in [5.74, 6) is -0.253. The number of halogens is 1. The van der Waals surface area contributed by atoms with Crippen molar-refractivity contribution < 1.29 is 27.5 Å². The van der Waals surface area contributed by atoms with Gasteiger partial charge in [-0.25, -0.2) is 8.42 Å². The Balaban J connectivity index is 1.84. The van der Waals surface area contributed by atoms with Crippen LogP contribution in [0.25, 0.3) is 0 Å². The lowest BCUT2D eigenvalue weighted by atomic mass is 10.0. The van der Waals surface area contributed by atoms with E-state index in [0.717, 1.165) is 9.87 Å². The maximum atomic E-state index is 14.6. The van der Waals surface area contributed by atoms with Crippen LogP contribution in [0.15, 0.2) is 108 Å². The number of nitrogens with zero attached hydrogens (tertiary/aromatic N) is 2. The van der Waals surface area contributed by atoms with Crippen molar-refractivity contribution in [3.63, 3.8) is 0 Å². The van der Waals surface area contributed by atoms with Crippen molar-refractivity contribution in [3.8, 4) is 11.5 Å². The van der Waals surface area contributed by atoms with Crippen LogP contribution in [0.2, 0.25) is 5.02 Å². The van der Waals surface area contributed by atoms with E-state index in [1.807, 2.05) is 44.2 Å². The summed E-state index contributed by atoms with van der Waals surface area (Å²) in [6.07, 6.45) is 0.190. The van der Waals surface area contributed by atoms with E-state index in [2.05, 4.69) is 5.32 Å². The highest BCUT2D eigenvalue weighted by atomic mass is 35.5. The molecule has 0 saturated carbocycles. The molecule has 0 aliphatic heterocycles. The number of rotatable bonds is 14. The van der Waals surface area contributed by atoms with Gasteiger partial charge in [0.05, 0.1) is 24.8 Å². The third-order valence-electron chi connectivity index (χ3n) is 7.28. The Morgan fingerprint density at radius 2 is 1.46 bits per heavy atom. The molecule has 11 heteroatoms. The molecule has 0 saturated heterocycles. The molecule has 4 rings (SSSR count). The molecular formula is C35H38ClN3O6S. The molecule has 0 aliphatic rings. The van der Waals surface area contributed by atoms with Crippen molar-refractivity contribution in [2.45, 2.75) is 43.8 Å². The van der Waals surface area contributed by atoms with Gasteiger partial charge in [0.15, 0.2) is 0 Å². The van der Waals surface area contributed by atoms with Crippen LogP contribution >= 0.6 is 11.6 Å². The van der Waals surface area contributed by atoms with Crippen molar-refractivity contribution in [3.05, 3.63) is 119 Å². The number of hydrogen-bond acceptors (Lipinski definition) is 6. The lowest BCUT2D eigenvalue weighted by Crippen LogP contribution is -2.54. The number of carbonyl (C=O) groups excluding carboxylic acids is 2. The Hall–Kier alpha value is -4.54. The zero-order valence-corrected chi connectivity index (χ0v) is 27.8. The summed E-state index contributed by atoms with van der Waals surface area (Å²) in [5.41, 5.74) is 1.60. The molecule has 0 heterocycles. The van der Waals surface area contributed by atoms with Gasteiger partial charge in [-0.15, -0.1) is 0 Å². The lowest BCUT2D eigenvalue weighted by Gasteiger charge is -2.34. The Kier molecular flexibility index (Phi) is 11.7. The average Bonchev–Trinajstić information content (AvgIpc) is 3.06. The number of amides is 2. The molecule has 9 nitrogen and oxygen atoms in total. The van der Waals surface area contributed by atoms with E-state index in [0.29, 0.717) is 16.3 Å². The molecule has 4 aromatic rings. The Labute approximate surface area is 275 Å². The third-order valence-corrected chi connectivity index (χ3v) is 9.42. The first-order chi connectivity index (χ1) is 22.0. The van der Waals surface area contributed by atoms with Crippen LogP contribution in [0, 0.1) is 0 Å². The summed E-state index contributed by atoms with van der Waals surface area (Å²) in [6, 6.07) is 27.6. The number of para-hydroxylation sites is 2. The SMILES string of the molecule is COc1ccc(S(=O)(=O)N(CC(=O)N(Cc2ccccc2Cl)[C@@H](Cc2ccccc2)C(=O)NC(C)C)c2ccccc2OC)cc1. The summed E-state index contributed by atoms with van der Waals surface area (Å²) in [7, 11) is -1.41.